The Balaban J connectivity index is 0.000000160. The molecule has 0 saturated heterocycles. The van der Waals surface area contributed by atoms with Gasteiger partial charge in [-0.2, -0.15) is 0 Å². The predicted molar refractivity (Wildman–Crippen MR) is 156 cm³/mol. The van der Waals surface area contributed by atoms with Crippen LogP contribution in [0.3, 0.4) is 0 Å². The second kappa shape index (κ2) is 16.4. The molecule has 0 radical (unpaired) electrons. The molecular weight excluding hydrogens is 655 g/mol. The monoisotopic (exact) mass is 681 g/mol. The van der Waals surface area contributed by atoms with Crippen LogP contribution < -0.4 is 0 Å². The van der Waals surface area contributed by atoms with E-state index >= 15 is 0 Å². The van der Waals surface area contributed by atoms with Gasteiger partial charge in [0.1, 0.15) is 0 Å². The molecule has 6 aromatic rings. The van der Waals surface area contributed by atoms with Gasteiger partial charge in [0.2, 0.25) is 0 Å². The molecule has 0 amide bonds. The second-order valence-corrected chi connectivity index (χ2v) is 7.94. The number of hydrogen-bond acceptors (Lipinski definition) is 3. The first-order valence-corrected chi connectivity index (χ1v) is 12.2. The van der Waals surface area contributed by atoms with E-state index in [2.05, 4.69) is 39.7 Å². The Morgan fingerprint density at radius 2 is 0.923 bits per heavy atom. The van der Waals surface area contributed by atoms with Crippen molar-refractivity contribution in [3.8, 4) is 33.8 Å². The first-order chi connectivity index (χ1) is 18.8. The van der Waals surface area contributed by atoms with Crippen molar-refractivity contribution in [1.29, 1.82) is 0 Å². The van der Waals surface area contributed by atoms with Crippen molar-refractivity contribution in [2.75, 3.05) is 0 Å². The Morgan fingerprint density at radius 3 is 1.23 bits per heavy atom. The van der Waals surface area contributed by atoms with Gasteiger partial charge in [-0.15, -0.1) is 120 Å². The summed E-state index contributed by atoms with van der Waals surface area (Å²) < 4.78 is 0. The molecule has 3 nitrogen and oxygen atoms in total. The zero-order valence-electron chi connectivity index (χ0n) is 21.2. The van der Waals surface area contributed by atoms with Crippen LogP contribution in [0.25, 0.3) is 39.8 Å². The average Bonchev–Trinajstić information content (AvgIpc) is 3.04. The molecule has 39 heavy (non-hydrogen) atoms. The second-order valence-electron chi connectivity index (χ2n) is 7.94. The van der Waals surface area contributed by atoms with Crippen LogP contribution in [0.15, 0.2) is 146 Å². The Hall–Kier alpha value is -4.50. The molecule has 0 fully saturated rings. The minimum atomic E-state index is 0. The third kappa shape index (κ3) is 9.39. The van der Waals surface area contributed by atoms with Gasteiger partial charge in [-0.05, 0) is 35.3 Å². The van der Waals surface area contributed by atoms with Crippen LogP contribution in [0, 0.1) is 18.2 Å². The number of hydrogen-bond donors (Lipinski definition) is 0. The molecule has 0 aliphatic carbocycles. The first-order valence-electron chi connectivity index (χ1n) is 12.2. The van der Waals surface area contributed by atoms with Gasteiger partial charge >= 0.3 is 20.1 Å². The zero-order chi connectivity index (χ0) is 26.3. The smallest absolute Gasteiger partial charge is 0.305 e. The van der Waals surface area contributed by atoms with E-state index in [0.717, 1.165) is 39.3 Å². The van der Waals surface area contributed by atoms with Crippen LogP contribution in [0.2, 0.25) is 0 Å². The normalized spacial score (nSPS) is 9.44. The Kier molecular flexibility index (Phi) is 12.2. The van der Waals surface area contributed by atoms with Gasteiger partial charge in [0.25, 0.3) is 0 Å². The molecule has 190 valence electrons. The van der Waals surface area contributed by atoms with Crippen LogP contribution in [0.1, 0.15) is 5.56 Å². The molecule has 0 atom stereocenters. The standard InChI is InChI=1S/C13H10N.2C11H8N.Ir/c1-2-11-6-8-12(9-7-11)13-5-3-4-10-14-13;2*1-2-6-10(7-3-1)11-8-4-5-9-12-11;/h2-8,10H,1H2;2*1-6,8-9H;/q3*-1;+3. The van der Waals surface area contributed by atoms with Crippen LogP contribution in [0.5, 0.6) is 0 Å². The predicted octanol–water partition coefficient (Wildman–Crippen LogP) is 8.29. The molecule has 0 unspecified atom stereocenters. The van der Waals surface area contributed by atoms with Crippen molar-refractivity contribution in [2.45, 2.75) is 0 Å². The molecule has 0 N–H and O–H groups in total. The van der Waals surface area contributed by atoms with Crippen LogP contribution >= 0.6 is 0 Å². The van der Waals surface area contributed by atoms with E-state index in [1.165, 1.54) is 0 Å². The summed E-state index contributed by atoms with van der Waals surface area (Å²) in [6.45, 7) is 3.70. The van der Waals surface area contributed by atoms with Gasteiger partial charge < -0.3 is 15.0 Å². The molecule has 3 aromatic heterocycles. The third-order valence-electron chi connectivity index (χ3n) is 5.31. The summed E-state index contributed by atoms with van der Waals surface area (Å²) in [4.78, 5) is 12.7. The summed E-state index contributed by atoms with van der Waals surface area (Å²) in [6.07, 6.45) is 7.16. The number of pyridine rings is 3. The molecular formula is C35H26IrN3. The van der Waals surface area contributed by atoms with E-state index < -0.39 is 0 Å². The Labute approximate surface area is 244 Å². The Morgan fingerprint density at radius 1 is 0.487 bits per heavy atom. The maximum atomic E-state index is 4.25. The fraction of sp³-hybridized carbons (Fsp3) is 0. The van der Waals surface area contributed by atoms with E-state index in [0.29, 0.717) is 0 Å². The van der Waals surface area contributed by atoms with Crippen molar-refractivity contribution >= 4 is 6.08 Å². The number of aromatic nitrogens is 3. The van der Waals surface area contributed by atoms with Crippen LogP contribution in [-0.2, 0) is 20.1 Å². The summed E-state index contributed by atoms with van der Waals surface area (Å²) in [5, 5.41) is 0. The van der Waals surface area contributed by atoms with E-state index in [1.54, 1.807) is 24.7 Å². The average molecular weight is 681 g/mol. The quantitative estimate of drug-likeness (QED) is 0.176. The fourth-order valence-electron chi connectivity index (χ4n) is 3.39. The topological polar surface area (TPSA) is 38.7 Å². The van der Waals surface area contributed by atoms with E-state index in [-0.39, 0.29) is 20.1 Å². The Bertz CT molecular complexity index is 1330. The van der Waals surface area contributed by atoms with Crippen molar-refractivity contribution in [3.05, 3.63) is 170 Å². The summed E-state index contributed by atoms with van der Waals surface area (Å²) in [5.41, 5.74) is 7.05. The molecule has 3 heterocycles. The molecule has 0 bridgehead atoms. The summed E-state index contributed by atoms with van der Waals surface area (Å²) in [6, 6.07) is 48.6. The van der Waals surface area contributed by atoms with E-state index in [1.807, 2.05) is 121 Å². The summed E-state index contributed by atoms with van der Waals surface area (Å²) in [7, 11) is 0. The van der Waals surface area contributed by atoms with Gasteiger partial charge in [0.15, 0.2) is 0 Å². The number of benzene rings is 3. The molecule has 4 heteroatoms. The largest absolute Gasteiger partial charge is 3.00 e. The molecule has 0 saturated carbocycles. The third-order valence-corrected chi connectivity index (χ3v) is 5.31. The van der Waals surface area contributed by atoms with E-state index in [4.69, 9.17) is 0 Å². The van der Waals surface area contributed by atoms with Crippen molar-refractivity contribution in [3.63, 3.8) is 0 Å². The minimum Gasteiger partial charge on any atom is -0.305 e. The molecule has 6 rings (SSSR count). The van der Waals surface area contributed by atoms with Crippen molar-refractivity contribution in [2.24, 2.45) is 0 Å². The van der Waals surface area contributed by atoms with Gasteiger partial charge in [-0.25, -0.2) is 0 Å². The van der Waals surface area contributed by atoms with Crippen LogP contribution in [0.4, 0.5) is 0 Å². The number of nitrogens with zero attached hydrogens (tertiary/aromatic N) is 3. The van der Waals surface area contributed by atoms with Crippen LogP contribution in [-0.4, -0.2) is 15.0 Å². The molecule has 0 spiro atoms. The number of rotatable bonds is 4. The minimum absolute atomic E-state index is 0. The summed E-state index contributed by atoms with van der Waals surface area (Å²) >= 11 is 0. The summed E-state index contributed by atoms with van der Waals surface area (Å²) in [5.74, 6) is 0. The van der Waals surface area contributed by atoms with Gasteiger partial charge in [0, 0.05) is 18.6 Å². The SMILES string of the molecule is C=Cc1c[c-]c(-c2ccccn2)cc1.[Ir+3].[c-]1ccccc1-c1ccccn1.[c-]1ccccc1-c1ccccn1. The molecule has 0 aliphatic rings. The zero-order valence-corrected chi connectivity index (χ0v) is 23.6. The van der Waals surface area contributed by atoms with Crippen molar-refractivity contribution in [1.82, 2.24) is 15.0 Å². The maximum Gasteiger partial charge on any atom is 3.00 e. The van der Waals surface area contributed by atoms with Gasteiger partial charge in [0.05, 0.1) is 0 Å². The molecule has 3 aromatic carbocycles. The van der Waals surface area contributed by atoms with Gasteiger partial charge in [-0.1, -0.05) is 36.4 Å². The fourth-order valence-corrected chi connectivity index (χ4v) is 3.39. The molecule has 0 aliphatic heterocycles. The first kappa shape index (κ1) is 29.1. The van der Waals surface area contributed by atoms with Gasteiger partial charge in [-0.3, -0.25) is 0 Å². The maximum absolute atomic E-state index is 4.25. The van der Waals surface area contributed by atoms with Crippen molar-refractivity contribution < 1.29 is 20.1 Å². The van der Waals surface area contributed by atoms with E-state index in [9.17, 15) is 0 Å².